The number of hydrogen-bond acceptors (Lipinski definition) is 2. The number of nitrogens with one attached hydrogen (secondary N) is 1. The maximum atomic E-state index is 13.5. The Morgan fingerprint density at radius 3 is 2.50 bits per heavy atom. The number of aryl methyl sites for hydroxylation is 2. The van der Waals surface area contributed by atoms with Crippen LogP contribution in [-0.2, 0) is 6.54 Å². The minimum Gasteiger partial charge on any atom is -0.347 e. The Bertz CT molecular complexity index is 1240. The summed E-state index contributed by atoms with van der Waals surface area (Å²) in [5.41, 5.74) is 6.04. The van der Waals surface area contributed by atoms with E-state index >= 15 is 0 Å². The van der Waals surface area contributed by atoms with Crippen LogP contribution in [0, 0.1) is 30.6 Å². The van der Waals surface area contributed by atoms with Crippen molar-refractivity contribution in [1.82, 2.24) is 15.1 Å². The summed E-state index contributed by atoms with van der Waals surface area (Å²) in [6, 6.07) is 16.5. The van der Waals surface area contributed by atoms with Crippen LogP contribution in [-0.4, -0.2) is 21.7 Å². The largest absolute Gasteiger partial charge is 0.347 e. The molecule has 3 atom stereocenters. The van der Waals surface area contributed by atoms with Gasteiger partial charge in [0.1, 0.15) is 0 Å². The SMILES string of the molecule is Cc1ccc(Cn2nc(C(=O)N[C@H]3C(C)(C)[C@H]4CC[C@]3(C)C4)cc2-c2ccc(Cl)c(C)c2)cc1. The highest BCUT2D eigenvalue weighted by Gasteiger charge is 2.59. The fraction of sp³-hybridized carbons (Fsp3) is 0.448. The predicted molar refractivity (Wildman–Crippen MR) is 138 cm³/mol. The van der Waals surface area contributed by atoms with Crippen molar-refractivity contribution in [1.29, 1.82) is 0 Å². The van der Waals surface area contributed by atoms with Gasteiger partial charge in [0.05, 0.1) is 12.2 Å². The molecular weight excluding hydrogens is 442 g/mol. The van der Waals surface area contributed by atoms with Crippen LogP contribution >= 0.6 is 11.6 Å². The zero-order valence-corrected chi connectivity index (χ0v) is 21.5. The third kappa shape index (κ3) is 3.96. The number of rotatable bonds is 5. The molecule has 0 spiro atoms. The number of aromatic nitrogens is 2. The van der Waals surface area contributed by atoms with Crippen LogP contribution in [0.4, 0.5) is 0 Å². The standard InChI is InChI=1S/C29H34ClN3O/c1-18-6-8-20(9-7-18)17-33-25(21-10-11-23(30)19(2)14-21)15-24(32-33)26(34)31-27-28(3,4)22-12-13-29(27,5)16-22/h6-11,14-15,22,27H,12-13,16-17H2,1-5H3,(H,31,34)/t22-,27-,29+/m0/s1. The number of amides is 1. The second kappa shape index (κ2) is 8.27. The molecule has 2 aromatic carbocycles. The molecule has 2 bridgehead atoms. The quantitative estimate of drug-likeness (QED) is 0.440. The van der Waals surface area contributed by atoms with E-state index in [0.717, 1.165) is 27.4 Å². The number of carbonyl (C=O) groups excluding carboxylic acids is 1. The molecule has 2 aliphatic rings. The minimum absolute atomic E-state index is 0.0820. The van der Waals surface area contributed by atoms with E-state index < -0.39 is 0 Å². The normalized spacial score (nSPS) is 25.0. The molecule has 0 aliphatic heterocycles. The van der Waals surface area contributed by atoms with Gasteiger partial charge in [0, 0.05) is 16.6 Å². The number of halogens is 1. The van der Waals surface area contributed by atoms with E-state index in [2.05, 4.69) is 63.3 Å². The van der Waals surface area contributed by atoms with Crippen LogP contribution in [0.15, 0.2) is 48.5 Å². The zero-order chi connectivity index (χ0) is 24.3. The van der Waals surface area contributed by atoms with Crippen LogP contribution < -0.4 is 5.32 Å². The molecule has 4 nitrogen and oxygen atoms in total. The first-order valence-corrected chi connectivity index (χ1v) is 12.7. The first kappa shape index (κ1) is 23.2. The van der Waals surface area contributed by atoms with Crippen molar-refractivity contribution in [2.75, 3.05) is 0 Å². The molecule has 2 fully saturated rings. The minimum atomic E-state index is -0.0820. The lowest BCUT2D eigenvalue weighted by Crippen LogP contribution is -2.52. The molecular formula is C29H34ClN3O. The molecule has 178 valence electrons. The van der Waals surface area contributed by atoms with Gasteiger partial charge in [-0.15, -0.1) is 0 Å². The number of nitrogens with zero attached hydrogens (tertiary/aromatic N) is 2. The van der Waals surface area contributed by atoms with Crippen molar-refractivity contribution in [2.45, 2.75) is 66.5 Å². The summed E-state index contributed by atoms with van der Waals surface area (Å²) in [7, 11) is 0. The highest BCUT2D eigenvalue weighted by molar-refractivity contribution is 6.31. The molecule has 5 heteroatoms. The van der Waals surface area contributed by atoms with Gasteiger partial charge in [-0.05, 0) is 79.2 Å². The lowest BCUT2D eigenvalue weighted by atomic mass is 9.68. The first-order chi connectivity index (χ1) is 16.1. The molecule has 3 aromatic rings. The molecule has 0 unspecified atom stereocenters. The Morgan fingerprint density at radius 1 is 1.12 bits per heavy atom. The molecule has 34 heavy (non-hydrogen) atoms. The van der Waals surface area contributed by atoms with E-state index in [-0.39, 0.29) is 22.8 Å². The summed E-state index contributed by atoms with van der Waals surface area (Å²) in [5.74, 6) is 0.593. The van der Waals surface area contributed by atoms with E-state index in [1.807, 2.05) is 29.8 Å². The van der Waals surface area contributed by atoms with Crippen LogP contribution in [0.1, 0.15) is 67.2 Å². The van der Waals surface area contributed by atoms with E-state index in [1.54, 1.807) is 0 Å². The molecule has 1 N–H and O–H groups in total. The maximum absolute atomic E-state index is 13.5. The van der Waals surface area contributed by atoms with Crippen molar-refractivity contribution in [2.24, 2.45) is 16.7 Å². The van der Waals surface area contributed by atoms with Gasteiger partial charge >= 0.3 is 0 Å². The van der Waals surface area contributed by atoms with Gasteiger partial charge in [-0.25, -0.2) is 0 Å². The molecule has 1 aromatic heterocycles. The van der Waals surface area contributed by atoms with E-state index in [4.69, 9.17) is 16.7 Å². The highest BCUT2D eigenvalue weighted by atomic mass is 35.5. The second-order valence-electron chi connectivity index (χ2n) is 11.3. The maximum Gasteiger partial charge on any atom is 0.272 e. The van der Waals surface area contributed by atoms with Gasteiger partial charge in [-0.1, -0.05) is 68.3 Å². The first-order valence-electron chi connectivity index (χ1n) is 12.3. The average molecular weight is 476 g/mol. The van der Waals surface area contributed by atoms with Gasteiger partial charge in [0.2, 0.25) is 0 Å². The second-order valence-corrected chi connectivity index (χ2v) is 11.8. The summed E-state index contributed by atoms with van der Waals surface area (Å²) in [6.45, 7) is 11.6. The van der Waals surface area contributed by atoms with Crippen molar-refractivity contribution < 1.29 is 4.79 Å². The van der Waals surface area contributed by atoms with Crippen molar-refractivity contribution in [3.05, 3.63) is 75.9 Å². The van der Waals surface area contributed by atoms with Gasteiger partial charge in [0.25, 0.3) is 5.91 Å². The molecule has 1 heterocycles. The summed E-state index contributed by atoms with van der Waals surface area (Å²) < 4.78 is 1.94. The summed E-state index contributed by atoms with van der Waals surface area (Å²) >= 11 is 6.29. The fourth-order valence-electron chi connectivity index (χ4n) is 6.42. The van der Waals surface area contributed by atoms with Crippen molar-refractivity contribution in [3.63, 3.8) is 0 Å². The van der Waals surface area contributed by atoms with Gasteiger partial charge in [0.15, 0.2) is 5.69 Å². The number of carbonyl (C=O) groups is 1. The van der Waals surface area contributed by atoms with Gasteiger partial charge < -0.3 is 5.32 Å². The molecule has 5 rings (SSSR count). The summed E-state index contributed by atoms with van der Waals surface area (Å²) in [5, 5.41) is 8.94. The van der Waals surface area contributed by atoms with Crippen LogP contribution in [0.3, 0.4) is 0 Å². The smallest absolute Gasteiger partial charge is 0.272 e. The van der Waals surface area contributed by atoms with Gasteiger partial charge in [-0.2, -0.15) is 5.10 Å². The Labute approximate surface area is 207 Å². The molecule has 0 radical (unpaired) electrons. The zero-order valence-electron chi connectivity index (χ0n) is 20.8. The molecule has 1 amide bonds. The Morgan fingerprint density at radius 2 is 1.85 bits per heavy atom. The van der Waals surface area contributed by atoms with E-state index in [0.29, 0.717) is 18.2 Å². The van der Waals surface area contributed by atoms with Crippen molar-refractivity contribution >= 4 is 17.5 Å². The number of hydrogen-bond donors (Lipinski definition) is 1. The fourth-order valence-corrected chi connectivity index (χ4v) is 6.54. The highest BCUT2D eigenvalue weighted by Crippen LogP contribution is 2.62. The lowest BCUT2D eigenvalue weighted by Gasteiger charge is -2.42. The molecule has 0 saturated heterocycles. The third-order valence-electron chi connectivity index (χ3n) is 8.46. The Balaban J connectivity index is 1.49. The average Bonchev–Trinajstić information content (AvgIpc) is 3.44. The van der Waals surface area contributed by atoms with Gasteiger partial charge in [-0.3, -0.25) is 9.48 Å². The molecule has 2 aliphatic carbocycles. The Kier molecular flexibility index (Phi) is 5.63. The third-order valence-corrected chi connectivity index (χ3v) is 8.89. The molecule has 2 saturated carbocycles. The summed E-state index contributed by atoms with van der Waals surface area (Å²) in [4.78, 5) is 13.5. The monoisotopic (exact) mass is 475 g/mol. The van der Waals surface area contributed by atoms with E-state index in [1.165, 1.54) is 24.8 Å². The summed E-state index contributed by atoms with van der Waals surface area (Å²) in [6.07, 6.45) is 3.65. The Hall–Kier alpha value is -2.59. The van der Waals surface area contributed by atoms with Crippen LogP contribution in [0.2, 0.25) is 5.02 Å². The van der Waals surface area contributed by atoms with E-state index in [9.17, 15) is 4.79 Å². The van der Waals surface area contributed by atoms with Crippen LogP contribution in [0.5, 0.6) is 0 Å². The number of fused-ring (bicyclic) bond motifs is 2. The van der Waals surface area contributed by atoms with Crippen molar-refractivity contribution in [3.8, 4) is 11.3 Å². The lowest BCUT2D eigenvalue weighted by molar-refractivity contribution is 0.0732. The van der Waals surface area contributed by atoms with Crippen LogP contribution in [0.25, 0.3) is 11.3 Å². The predicted octanol–water partition coefficient (Wildman–Crippen LogP) is 6.81. The number of benzene rings is 2. The topological polar surface area (TPSA) is 46.9 Å².